The minimum Gasteiger partial charge on any atom is -0.303 e. The molecule has 1 unspecified atom stereocenters. The molecule has 1 aliphatic rings. The molecule has 82 valence electrons. The summed E-state index contributed by atoms with van der Waals surface area (Å²) in [6.07, 6.45) is 5.30. The normalized spacial score (nSPS) is 17.6. The van der Waals surface area contributed by atoms with E-state index >= 15 is 0 Å². The Morgan fingerprint density at radius 1 is 1.07 bits per heavy atom. The van der Waals surface area contributed by atoms with Gasteiger partial charge in [-0.15, -0.1) is 0 Å². The quantitative estimate of drug-likeness (QED) is 0.713. The van der Waals surface area contributed by atoms with Crippen molar-refractivity contribution >= 4 is 0 Å². The van der Waals surface area contributed by atoms with E-state index in [1.807, 2.05) is 0 Å². The maximum Gasteiger partial charge on any atom is 0.0313 e. The zero-order valence-electron chi connectivity index (χ0n) is 10.1. The van der Waals surface area contributed by atoms with E-state index in [4.69, 9.17) is 0 Å². The van der Waals surface area contributed by atoms with Crippen LogP contribution in [-0.2, 0) is 12.8 Å². The molecule has 1 aromatic carbocycles. The van der Waals surface area contributed by atoms with Gasteiger partial charge in [0, 0.05) is 6.04 Å². The lowest BCUT2D eigenvalue weighted by atomic mass is 9.89. The summed E-state index contributed by atoms with van der Waals surface area (Å²) in [6, 6.07) is 7.58. The molecule has 0 fully saturated rings. The number of hydrogen-bond acceptors (Lipinski definition) is 1. The minimum atomic E-state index is 0.525. The Labute approximate surface area is 93.1 Å². The van der Waals surface area contributed by atoms with Gasteiger partial charge >= 0.3 is 0 Å². The largest absolute Gasteiger partial charge is 0.303 e. The van der Waals surface area contributed by atoms with E-state index in [-0.39, 0.29) is 0 Å². The third-order valence-electron chi connectivity index (χ3n) is 3.63. The fourth-order valence-electron chi connectivity index (χ4n) is 2.31. The van der Waals surface area contributed by atoms with E-state index in [9.17, 15) is 0 Å². The van der Waals surface area contributed by atoms with Crippen LogP contribution < -0.4 is 0 Å². The predicted octanol–water partition coefficient (Wildman–Crippen LogP) is 3.19. The van der Waals surface area contributed by atoms with Crippen LogP contribution in [0.1, 0.15) is 42.5 Å². The van der Waals surface area contributed by atoms with Crippen molar-refractivity contribution in [1.29, 1.82) is 0 Å². The zero-order valence-corrected chi connectivity index (χ0v) is 10.1. The Bertz CT molecular complexity index is 341. The molecule has 1 aromatic rings. The summed E-state index contributed by atoms with van der Waals surface area (Å²) >= 11 is 0. The summed E-state index contributed by atoms with van der Waals surface area (Å²) in [5.41, 5.74) is 4.63. The van der Waals surface area contributed by atoms with Gasteiger partial charge in [-0.1, -0.05) is 18.2 Å². The first-order chi connectivity index (χ1) is 7.18. The molecule has 0 heterocycles. The van der Waals surface area contributed by atoms with Crippen LogP contribution in [0.2, 0.25) is 0 Å². The van der Waals surface area contributed by atoms with Crippen molar-refractivity contribution in [3.8, 4) is 0 Å². The molecule has 2 rings (SSSR count). The standard InChI is InChI=1S/C14H21N/c1-11(15(2)3)13-9-8-12-6-4-5-7-14(12)10-13/h8-11H,4-7H2,1-3H3. The Hall–Kier alpha value is -0.820. The van der Waals surface area contributed by atoms with Gasteiger partial charge in [-0.05, 0) is 63.4 Å². The summed E-state index contributed by atoms with van der Waals surface area (Å²) in [4.78, 5) is 2.27. The van der Waals surface area contributed by atoms with Gasteiger partial charge in [0.2, 0.25) is 0 Å². The van der Waals surface area contributed by atoms with Crippen molar-refractivity contribution in [1.82, 2.24) is 4.90 Å². The smallest absolute Gasteiger partial charge is 0.0313 e. The van der Waals surface area contributed by atoms with E-state index in [1.165, 1.54) is 31.2 Å². The molecule has 1 heteroatoms. The second-order valence-electron chi connectivity index (χ2n) is 4.87. The molecule has 0 radical (unpaired) electrons. The van der Waals surface area contributed by atoms with E-state index in [0.717, 1.165) is 0 Å². The van der Waals surface area contributed by atoms with Crippen LogP contribution in [0.5, 0.6) is 0 Å². The fourth-order valence-corrected chi connectivity index (χ4v) is 2.31. The van der Waals surface area contributed by atoms with E-state index in [1.54, 1.807) is 11.1 Å². The van der Waals surface area contributed by atoms with Gasteiger partial charge in [0.1, 0.15) is 0 Å². The summed E-state index contributed by atoms with van der Waals surface area (Å²) in [7, 11) is 4.29. The molecule has 0 aliphatic heterocycles. The monoisotopic (exact) mass is 203 g/mol. The predicted molar refractivity (Wildman–Crippen MR) is 65.2 cm³/mol. The highest BCUT2D eigenvalue weighted by Gasteiger charge is 2.13. The number of rotatable bonds is 2. The van der Waals surface area contributed by atoms with Crippen LogP contribution in [-0.4, -0.2) is 19.0 Å². The van der Waals surface area contributed by atoms with Crippen LogP contribution in [0.25, 0.3) is 0 Å². The number of fused-ring (bicyclic) bond motifs is 1. The Morgan fingerprint density at radius 2 is 1.73 bits per heavy atom. The average molecular weight is 203 g/mol. The fraction of sp³-hybridized carbons (Fsp3) is 0.571. The molecular formula is C14H21N. The van der Waals surface area contributed by atoms with Gasteiger partial charge in [0.05, 0.1) is 0 Å². The van der Waals surface area contributed by atoms with Gasteiger partial charge in [-0.2, -0.15) is 0 Å². The van der Waals surface area contributed by atoms with Crippen LogP contribution in [0.3, 0.4) is 0 Å². The highest BCUT2D eigenvalue weighted by Crippen LogP contribution is 2.26. The second kappa shape index (κ2) is 4.36. The first-order valence-corrected chi connectivity index (χ1v) is 5.96. The number of hydrogen-bond donors (Lipinski definition) is 0. The van der Waals surface area contributed by atoms with E-state index in [0.29, 0.717) is 6.04 Å². The van der Waals surface area contributed by atoms with E-state index < -0.39 is 0 Å². The van der Waals surface area contributed by atoms with Gasteiger partial charge in [-0.25, -0.2) is 0 Å². The Kier molecular flexibility index (Phi) is 3.11. The molecule has 1 atom stereocenters. The molecule has 0 aromatic heterocycles. The third kappa shape index (κ3) is 2.23. The lowest BCUT2D eigenvalue weighted by Crippen LogP contribution is -2.17. The van der Waals surface area contributed by atoms with Crippen molar-refractivity contribution in [3.05, 3.63) is 34.9 Å². The highest BCUT2D eigenvalue weighted by molar-refractivity contribution is 5.35. The zero-order chi connectivity index (χ0) is 10.8. The SMILES string of the molecule is CC(c1ccc2c(c1)CCCC2)N(C)C. The third-order valence-corrected chi connectivity index (χ3v) is 3.63. The summed E-state index contributed by atoms with van der Waals surface area (Å²) in [6.45, 7) is 2.27. The van der Waals surface area contributed by atoms with Crippen molar-refractivity contribution in [2.45, 2.75) is 38.6 Å². The van der Waals surface area contributed by atoms with Crippen LogP contribution >= 0.6 is 0 Å². The van der Waals surface area contributed by atoms with Crippen molar-refractivity contribution in [3.63, 3.8) is 0 Å². The van der Waals surface area contributed by atoms with Crippen LogP contribution in [0, 0.1) is 0 Å². The molecule has 1 nitrogen and oxygen atoms in total. The summed E-state index contributed by atoms with van der Waals surface area (Å²) in [5.74, 6) is 0. The lowest BCUT2D eigenvalue weighted by molar-refractivity contribution is 0.321. The number of nitrogens with zero attached hydrogens (tertiary/aromatic N) is 1. The maximum absolute atomic E-state index is 2.42. The molecule has 0 saturated carbocycles. The van der Waals surface area contributed by atoms with Gasteiger partial charge < -0.3 is 4.90 Å². The number of aryl methyl sites for hydroxylation is 2. The van der Waals surface area contributed by atoms with Crippen molar-refractivity contribution < 1.29 is 0 Å². The Morgan fingerprint density at radius 3 is 2.40 bits per heavy atom. The molecule has 0 N–H and O–H groups in total. The molecule has 15 heavy (non-hydrogen) atoms. The highest BCUT2D eigenvalue weighted by atomic mass is 15.1. The van der Waals surface area contributed by atoms with Crippen LogP contribution in [0.15, 0.2) is 18.2 Å². The number of benzene rings is 1. The van der Waals surface area contributed by atoms with Gasteiger partial charge in [0.25, 0.3) is 0 Å². The van der Waals surface area contributed by atoms with Gasteiger partial charge in [-0.3, -0.25) is 0 Å². The van der Waals surface area contributed by atoms with Gasteiger partial charge in [0.15, 0.2) is 0 Å². The average Bonchev–Trinajstić information content (AvgIpc) is 2.27. The first kappa shape index (κ1) is 10.7. The van der Waals surface area contributed by atoms with Crippen molar-refractivity contribution in [2.24, 2.45) is 0 Å². The van der Waals surface area contributed by atoms with Crippen LogP contribution in [0.4, 0.5) is 0 Å². The molecular weight excluding hydrogens is 182 g/mol. The lowest BCUT2D eigenvalue weighted by Gasteiger charge is -2.23. The first-order valence-electron chi connectivity index (χ1n) is 5.96. The van der Waals surface area contributed by atoms with E-state index in [2.05, 4.69) is 44.1 Å². The Balaban J connectivity index is 2.27. The molecule has 0 amide bonds. The summed E-state index contributed by atoms with van der Waals surface area (Å²) in [5, 5.41) is 0. The maximum atomic E-state index is 2.42. The second-order valence-corrected chi connectivity index (χ2v) is 4.87. The molecule has 1 aliphatic carbocycles. The van der Waals surface area contributed by atoms with Crippen molar-refractivity contribution in [2.75, 3.05) is 14.1 Å². The molecule has 0 saturated heterocycles. The molecule has 0 bridgehead atoms. The topological polar surface area (TPSA) is 3.24 Å². The summed E-state index contributed by atoms with van der Waals surface area (Å²) < 4.78 is 0. The minimum absolute atomic E-state index is 0.525. The molecule has 0 spiro atoms.